The summed E-state index contributed by atoms with van der Waals surface area (Å²) in [5, 5.41) is 9.56. The summed E-state index contributed by atoms with van der Waals surface area (Å²) < 4.78 is 0. The number of aryl methyl sites for hydroxylation is 1. The Labute approximate surface area is 145 Å². The highest BCUT2D eigenvalue weighted by atomic mass is 16.1. The van der Waals surface area contributed by atoms with E-state index < -0.39 is 0 Å². The second kappa shape index (κ2) is 10.7. The molecule has 3 N–H and O–H groups in total. The summed E-state index contributed by atoms with van der Waals surface area (Å²) in [4.78, 5) is 16.2. The number of nitrogens with one attached hydrogen (secondary N) is 3. The fraction of sp³-hybridized carbons (Fsp3) is 0.579. The van der Waals surface area contributed by atoms with E-state index >= 15 is 0 Å². The largest absolute Gasteiger partial charge is 0.357 e. The Hall–Kier alpha value is -2.04. The monoisotopic (exact) mass is 330 g/mol. The van der Waals surface area contributed by atoms with Gasteiger partial charge in [-0.3, -0.25) is 9.79 Å². The molecule has 0 aromatic heterocycles. The maximum absolute atomic E-state index is 11.6. The van der Waals surface area contributed by atoms with Crippen LogP contribution in [0.4, 0.5) is 0 Å². The van der Waals surface area contributed by atoms with Gasteiger partial charge < -0.3 is 16.0 Å². The van der Waals surface area contributed by atoms with E-state index in [-0.39, 0.29) is 5.91 Å². The van der Waals surface area contributed by atoms with E-state index in [0.717, 1.165) is 57.7 Å². The Morgan fingerprint density at radius 1 is 1.17 bits per heavy atom. The van der Waals surface area contributed by atoms with Crippen molar-refractivity contribution in [2.75, 3.05) is 19.6 Å². The highest BCUT2D eigenvalue weighted by molar-refractivity contribution is 5.80. The molecule has 2 rings (SSSR count). The van der Waals surface area contributed by atoms with Gasteiger partial charge in [-0.15, -0.1) is 0 Å². The summed E-state index contributed by atoms with van der Waals surface area (Å²) in [5.41, 5.74) is 1.35. The lowest BCUT2D eigenvalue weighted by molar-refractivity contribution is -0.121. The number of carbonyl (C=O) groups is 1. The molecular formula is C19H30N4O. The molecule has 132 valence electrons. The minimum atomic E-state index is 0.170. The Kier molecular flexibility index (Phi) is 8.15. The normalized spacial score (nSPS) is 14.3. The molecule has 1 amide bonds. The van der Waals surface area contributed by atoms with Gasteiger partial charge in [0.2, 0.25) is 5.91 Å². The van der Waals surface area contributed by atoms with Crippen molar-refractivity contribution in [2.45, 2.75) is 51.5 Å². The quantitative estimate of drug-likeness (QED) is 0.350. The first-order valence-electron chi connectivity index (χ1n) is 9.13. The molecule has 5 heteroatoms. The number of aliphatic imine (C=N–C) groups is 1. The number of carbonyl (C=O) groups excluding carboxylic acids is 1. The van der Waals surface area contributed by atoms with Gasteiger partial charge in [-0.05, 0) is 44.6 Å². The van der Waals surface area contributed by atoms with E-state index in [9.17, 15) is 4.79 Å². The number of amides is 1. The zero-order valence-electron chi connectivity index (χ0n) is 14.7. The highest BCUT2D eigenvalue weighted by Crippen LogP contribution is 2.18. The highest BCUT2D eigenvalue weighted by Gasteiger charge is 2.22. The molecule has 0 atom stereocenters. The first-order valence-corrected chi connectivity index (χ1v) is 9.13. The van der Waals surface area contributed by atoms with Crippen LogP contribution in [0.15, 0.2) is 35.3 Å². The van der Waals surface area contributed by atoms with Crippen molar-refractivity contribution in [1.29, 1.82) is 0 Å². The van der Waals surface area contributed by atoms with Gasteiger partial charge in [0.15, 0.2) is 5.96 Å². The van der Waals surface area contributed by atoms with Crippen LogP contribution >= 0.6 is 0 Å². The van der Waals surface area contributed by atoms with Crippen LogP contribution in [0.1, 0.15) is 44.6 Å². The molecule has 1 fully saturated rings. The van der Waals surface area contributed by atoms with Gasteiger partial charge in [0.25, 0.3) is 0 Å². The molecule has 1 saturated carbocycles. The Morgan fingerprint density at radius 3 is 2.67 bits per heavy atom. The second-order valence-electron chi connectivity index (χ2n) is 6.22. The minimum absolute atomic E-state index is 0.170. The Morgan fingerprint density at radius 2 is 1.96 bits per heavy atom. The van der Waals surface area contributed by atoms with Crippen LogP contribution < -0.4 is 16.0 Å². The minimum Gasteiger partial charge on any atom is -0.357 e. The van der Waals surface area contributed by atoms with Gasteiger partial charge in [-0.25, -0.2) is 0 Å². The fourth-order valence-corrected chi connectivity index (χ4v) is 2.44. The van der Waals surface area contributed by atoms with Crippen LogP contribution in [0.3, 0.4) is 0 Å². The number of hydrogen-bond acceptors (Lipinski definition) is 2. The zero-order valence-corrected chi connectivity index (χ0v) is 14.7. The van der Waals surface area contributed by atoms with Crippen molar-refractivity contribution in [3.8, 4) is 0 Å². The van der Waals surface area contributed by atoms with Crippen molar-refractivity contribution in [2.24, 2.45) is 4.99 Å². The van der Waals surface area contributed by atoms with Crippen LogP contribution in [0.5, 0.6) is 0 Å². The Bertz CT molecular complexity index is 511. The lowest BCUT2D eigenvalue weighted by Gasteiger charge is -2.11. The fourth-order valence-electron chi connectivity index (χ4n) is 2.44. The maximum Gasteiger partial charge on any atom is 0.220 e. The van der Waals surface area contributed by atoms with Crippen LogP contribution in [0.25, 0.3) is 0 Å². The standard InChI is InChI=1S/C19H30N4O/c1-2-20-19(21-14-6-10-16-8-4-3-5-9-16)22-15-7-11-18(24)23-17-12-13-17/h3-5,8-9,17H,2,6-7,10-15H2,1H3,(H,23,24)(H2,20,21,22). The molecule has 1 aromatic rings. The van der Waals surface area contributed by atoms with E-state index in [1.165, 1.54) is 5.56 Å². The van der Waals surface area contributed by atoms with Gasteiger partial charge in [0.05, 0.1) is 0 Å². The molecule has 0 radical (unpaired) electrons. The molecule has 24 heavy (non-hydrogen) atoms. The van der Waals surface area contributed by atoms with Crippen molar-refractivity contribution >= 4 is 11.9 Å². The van der Waals surface area contributed by atoms with Gasteiger partial charge in [0.1, 0.15) is 0 Å². The van der Waals surface area contributed by atoms with Crippen molar-refractivity contribution < 1.29 is 4.79 Å². The van der Waals surface area contributed by atoms with Gasteiger partial charge in [0, 0.05) is 32.1 Å². The van der Waals surface area contributed by atoms with E-state index in [4.69, 9.17) is 0 Å². The first kappa shape index (κ1) is 18.3. The molecule has 0 aliphatic heterocycles. The molecule has 1 aromatic carbocycles. The average Bonchev–Trinajstić information content (AvgIpc) is 3.40. The van der Waals surface area contributed by atoms with Crippen LogP contribution in [-0.4, -0.2) is 37.5 Å². The number of benzene rings is 1. The third-order valence-corrected chi connectivity index (χ3v) is 3.90. The lowest BCUT2D eigenvalue weighted by atomic mass is 10.1. The van der Waals surface area contributed by atoms with E-state index in [2.05, 4.69) is 52.1 Å². The average molecular weight is 330 g/mol. The molecular weight excluding hydrogens is 300 g/mol. The summed E-state index contributed by atoms with van der Waals surface area (Å²) in [6, 6.07) is 10.9. The Balaban J connectivity index is 1.59. The predicted molar refractivity (Wildman–Crippen MR) is 99.1 cm³/mol. The molecule has 0 bridgehead atoms. The smallest absolute Gasteiger partial charge is 0.220 e. The van der Waals surface area contributed by atoms with Gasteiger partial charge >= 0.3 is 0 Å². The summed E-state index contributed by atoms with van der Waals surface area (Å²) in [5.74, 6) is 1.01. The van der Waals surface area contributed by atoms with Crippen molar-refractivity contribution in [1.82, 2.24) is 16.0 Å². The van der Waals surface area contributed by atoms with Crippen LogP contribution in [-0.2, 0) is 11.2 Å². The summed E-state index contributed by atoms with van der Waals surface area (Å²) in [6.45, 7) is 4.46. The molecule has 0 saturated heterocycles. The van der Waals surface area contributed by atoms with Gasteiger partial charge in [-0.2, -0.15) is 0 Å². The lowest BCUT2D eigenvalue weighted by Crippen LogP contribution is -2.38. The molecule has 0 unspecified atom stereocenters. The molecule has 1 aliphatic carbocycles. The van der Waals surface area contributed by atoms with Crippen LogP contribution in [0.2, 0.25) is 0 Å². The zero-order chi connectivity index (χ0) is 17.0. The number of guanidine groups is 1. The van der Waals surface area contributed by atoms with Crippen LogP contribution in [0, 0.1) is 0 Å². The second-order valence-corrected chi connectivity index (χ2v) is 6.22. The third kappa shape index (κ3) is 7.99. The summed E-state index contributed by atoms with van der Waals surface area (Å²) in [6.07, 6.45) is 5.77. The third-order valence-electron chi connectivity index (χ3n) is 3.90. The molecule has 1 aliphatic rings. The number of nitrogens with zero attached hydrogens (tertiary/aromatic N) is 1. The molecule has 0 heterocycles. The number of hydrogen-bond donors (Lipinski definition) is 3. The number of rotatable bonds is 10. The molecule has 5 nitrogen and oxygen atoms in total. The van der Waals surface area contributed by atoms with Crippen molar-refractivity contribution in [3.63, 3.8) is 0 Å². The SMILES string of the molecule is CCNC(=NCCCc1ccccc1)NCCCC(=O)NC1CC1. The summed E-state index contributed by atoms with van der Waals surface area (Å²) in [7, 11) is 0. The van der Waals surface area contributed by atoms with E-state index in [1.54, 1.807) is 0 Å². The summed E-state index contributed by atoms with van der Waals surface area (Å²) >= 11 is 0. The van der Waals surface area contributed by atoms with Gasteiger partial charge in [-0.1, -0.05) is 30.3 Å². The van der Waals surface area contributed by atoms with E-state index in [0.29, 0.717) is 12.5 Å². The maximum atomic E-state index is 11.6. The van der Waals surface area contributed by atoms with Crippen molar-refractivity contribution in [3.05, 3.63) is 35.9 Å². The first-order chi connectivity index (χ1) is 11.8. The predicted octanol–water partition coefficient (Wildman–Crippen LogP) is 2.23. The molecule has 0 spiro atoms. The topological polar surface area (TPSA) is 65.5 Å². The van der Waals surface area contributed by atoms with E-state index in [1.807, 2.05) is 6.07 Å².